The molecule has 2 aromatic rings. The lowest BCUT2D eigenvalue weighted by Gasteiger charge is -2.36. The molecule has 1 aromatic carbocycles. The van der Waals surface area contributed by atoms with Crippen LogP contribution in [0.4, 0.5) is 0 Å². The van der Waals surface area contributed by atoms with E-state index >= 15 is 0 Å². The first-order valence-corrected chi connectivity index (χ1v) is 12.0. The first kappa shape index (κ1) is 20.0. The smallest absolute Gasteiger partial charge is 0.240 e. The molecule has 27 heavy (non-hydrogen) atoms. The molecule has 2 atom stereocenters. The molecule has 1 aromatic heterocycles. The Morgan fingerprint density at radius 2 is 2.04 bits per heavy atom. The molecule has 2 heterocycles. The number of piperidine rings is 1. The van der Waals surface area contributed by atoms with Crippen molar-refractivity contribution in [2.45, 2.75) is 56.6 Å². The summed E-state index contributed by atoms with van der Waals surface area (Å²) >= 11 is 1.42. The molecular weight excluding hydrogens is 380 g/mol. The summed E-state index contributed by atoms with van der Waals surface area (Å²) in [5.74, 6) is -0.464. The molecule has 1 amide bonds. The number of hydrogen-bond acceptors (Lipinski definition) is 5. The van der Waals surface area contributed by atoms with Gasteiger partial charge in [0.1, 0.15) is 10.3 Å². The van der Waals surface area contributed by atoms with Crippen molar-refractivity contribution in [3.05, 3.63) is 41.4 Å². The van der Waals surface area contributed by atoms with Crippen molar-refractivity contribution in [3.63, 3.8) is 0 Å². The summed E-state index contributed by atoms with van der Waals surface area (Å²) in [6.45, 7) is 4.23. The summed E-state index contributed by atoms with van der Waals surface area (Å²) in [6, 6.07) is 9.84. The predicted octanol–water partition coefficient (Wildman–Crippen LogP) is 3.90. The van der Waals surface area contributed by atoms with Gasteiger partial charge in [-0.3, -0.25) is 4.79 Å². The monoisotopic (exact) mass is 406 g/mol. The average Bonchev–Trinajstić information content (AvgIpc) is 3.15. The van der Waals surface area contributed by atoms with Crippen molar-refractivity contribution >= 4 is 27.1 Å². The molecule has 1 saturated heterocycles. The molecule has 0 radical (unpaired) electrons. The zero-order valence-corrected chi connectivity index (χ0v) is 17.4. The summed E-state index contributed by atoms with van der Waals surface area (Å²) in [7, 11) is -3.61. The highest BCUT2D eigenvalue weighted by Crippen LogP contribution is 2.26. The summed E-state index contributed by atoms with van der Waals surface area (Å²) in [5, 5.41) is 1.53. The van der Waals surface area contributed by atoms with Gasteiger partial charge in [-0.1, -0.05) is 37.3 Å². The van der Waals surface area contributed by atoms with E-state index in [1.807, 2.05) is 30.3 Å². The number of thiazole rings is 1. The van der Waals surface area contributed by atoms with E-state index in [0.717, 1.165) is 36.3 Å². The zero-order valence-electron chi connectivity index (χ0n) is 15.8. The molecule has 0 bridgehead atoms. The van der Waals surface area contributed by atoms with Crippen LogP contribution >= 0.6 is 11.3 Å². The number of sulfone groups is 1. The summed E-state index contributed by atoms with van der Waals surface area (Å²) < 4.78 is 25.7. The van der Waals surface area contributed by atoms with Crippen molar-refractivity contribution in [1.29, 1.82) is 0 Å². The van der Waals surface area contributed by atoms with Gasteiger partial charge >= 0.3 is 0 Å². The fourth-order valence-corrected chi connectivity index (χ4v) is 5.70. The predicted molar refractivity (Wildman–Crippen MR) is 109 cm³/mol. The SMILES string of the molecule is CCC1CCCCN1C(=O)C(C)S(=O)(=O)Cc1csc(-c2ccccc2)n1. The minimum Gasteiger partial charge on any atom is -0.339 e. The molecule has 0 N–H and O–H groups in total. The Labute approximate surface area is 165 Å². The topological polar surface area (TPSA) is 67.3 Å². The van der Waals surface area contributed by atoms with E-state index in [2.05, 4.69) is 11.9 Å². The number of benzene rings is 1. The standard InChI is InChI=1S/C20H26N2O3S2/c1-3-18-11-7-8-12-22(18)20(23)15(2)27(24,25)14-17-13-26-19(21-17)16-9-5-4-6-10-16/h4-6,9-10,13,15,18H,3,7-8,11-12,14H2,1-2H3. The Bertz CT molecular complexity index is 878. The number of hydrogen-bond donors (Lipinski definition) is 0. The molecule has 1 fully saturated rings. The number of carbonyl (C=O) groups is 1. The molecule has 1 aliphatic heterocycles. The maximum atomic E-state index is 12.9. The number of likely N-dealkylation sites (tertiary alicyclic amines) is 1. The normalized spacial score (nSPS) is 19.0. The van der Waals surface area contributed by atoms with E-state index in [1.165, 1.54) is 18.3 Å². The molecule has 0 spiro atoms. The lowest BCUT2D eigenvalue weighted by atomic mass is 10.00. The van der Waals surface area contributed by atoms with Crippen molar-refractivity contribution in [2.75, 3.05) is 6.54 Å². The molecular formula is C20H26N2O3S2. The van der Waals surface area contributed by atoms with Crippen LogP contribution in [0.5, 0.6) is 0 Å². The summed E-state index contributed by atoms with van der Waals surface area (Å²) in [4.78, 5) is 19.1. The highest BCUT2D eigenvalue weighted by Gasteiger charge is 2.35. The van der Waals surface area contributed by atoms with E-state index < -0.39 is 15.1 Å². The zero-order chi connectivity index (χ0) is 19.4. The minimum atomic E-state index is -3.61. The highest BCUT2D eigenvalue weighted by atomic mass is 32.2. The fourth-order valence-electron chi connectivity index (χ4n) is 3.52. The third kappa shape index (κ3) is 4.58. The highest BCUT2D eigenvalue weighted by molar-refractivity contribution is 7.92. The lowest BCUT2D eigenvalue weighted by Crippen LogP contribution is -2.49. The van der Waals surface area contributed by atoms with Crippen molar-refractivity contribution < 1.29 is 13.2 Å². The van der Waals surface area contributed by atoms with Crippen LogP contribution < -0.4 is 0 Å². The van der Waals surface area contributed by atoms with Gasteiger partial charge in [0.05, 0.1) is 11.4 Å². The minimum absolute atomic E-state index is 0.160. The van der Waals surface area contributed by atoms with Crippen LogP contribution in [0.25, 0.3) is 10.6 Å². The van der Waals surface area contributed by atoms with Gasteiger partial charge in [0.15, 0.2) is 9.84 Å². The second-order valence-corrected chi connectivity index (χ2v) is 10.2. The summed E-state index contributed by atoms with van der Waals surface area (Å²) in [6.07, 6.45) is 3.87. The van der Waals surface area contributed by atoms with Crippen LogP contribution in [0.2, 0.25) is 0 Å². The first-order valence-electron chi connectivity index (χ1n) is 9.44. The molecule has 1 aliphatic rings. The second-order valence-electron chi connectivity index (χ2n) is 7.05. The van der Waals surface area contributed by atoms with Crippen molar-refractivity contribution in [2.24, 2.45) is 0 Å². The van der Waals surface area contributed by atoms with Crippen molar-refractivity contribution in [3.8, 4) is 10.6 Å². The third-order valence-corrected chi connectivity index (χ3v) is 8.11. The lowest BCUT2D eigenvalue weighted by molar-refractivity contribution is -0.134. The fraction of sp³-hybridized carbons (Fsp3) is 0.500. The van der Waals surface area contributed by atoms with Crippen LogP contribution in [-0.4, -0.2) is 42.0 Å². The molecule has 146 valence electrons. The van der Waals surface area contributed by atoms with Gasteiger partial charge in [0.2, 0.25) is 5.91 Å². The van der Waals surface area contributed by atoms with Gasteiger partial charge in [-0.05, 0) is 32.6 Å². The Morgan fingerprint density at radius 3 is 2.74 bits per heavy atom. The average molecular weight is 407 g/mol. The third-order valence-electron chi connectivity index (χ3n) is 5.19. The second kappa shape index (κ2) is 8.52. The van der Waals surface area contributed by atoms with Crippen LogP contribution in [0, 0.1) is 0 Å². The number of carbonyl (C=O) groups excluding carboxylic acids is 1. The Balaban J connectivity index is 1.72. The Kier molecular flexibility index (Phi) is 6.32. The van der Waals surface area contributed by atoms with Gasteiger partial charge < -0.3 is 4.90 Å². The largest absolute Gasteiger partial charge is 0.339 e. The molecule has 5 nitrogen and oxygen atoms in total. The number of nitrogens with zero attached hydrogens (tertiary/aromatic N) is 2. The maximum absolute atomic E-state index is 12.9. The molecule has 2 unspecified atom stereocenters. The molecule has 0 aliphatic carbocycles. The molecule has 3 rings (SSSR count). The Morgan fingerprint density at radius 1 is 1.30 bits per heavy atom. The Hall–Kier alpha value is -1.73. The van der Waals surface area contributed by atoms with E-state index in [0.29, 0.717) is 12.2 Å². The maximum Gasteiger partial charge on any atom is 0.240 e. The number of aromatic nitrogens is 1. The van der Waals surface area contributed by atoms with Crippen molar-refractivity contribution in [1.82, 2.24) is 9.88 Å². The van der Waals surface area contributed by atoms with Crippen LogP contribution in [0.15, 0.2) is 35.7 Å². The van der Waals surface area contributed by atoms with E-state index in [-0.39, 0.29) is 17.7 Å². The van der Waals surface area contributed by atoms with Gasteiger partial charge in [-0.25, -0.2) is 13.4 Å². The van der Waals surface area contributed by atoms with E-state index in [4.69, 9.17) is 0 Å². The van der Waals surface area contributed by atoms with Gasteiger partial charge in [0, 0.05) is 23.5 Å². The van der Waals surface area contributed by atoms with Gasteiger partial charge in [-0.2, -0.15) is 0 Å². The van der Waals surface area contributed by atoms with Gasteiger partial charge in [0.25, 0.3) is 0 Å². The van der Waals surface area contributed by atoms with E-state index in [9.17, 15) is 13.2 Å². The number of amides is 1. The first-order chi connectivity index (χ1) is 12.9. The molecule has 7 heteroatoms. The molecule has 0 saturated carbocycles. The quantitative estimate of drug-likeness (QED) is 0.730. The summed E-state index contributed by atoms with van der Waals surface area (Å²) in [5.41, 5.74) is 1.47. The van der Waals surface area contributed by atoms with E-state index in [1.54, 1.807) is 10.3 Å². The van der Waals surface area contributed by atoms with Crippen LogP contribution in [-0.2, 0) is 20.4 Å². The van der Waals surface area contributed by atoms with Gasteiger partial charge in [-0.15, -0.1) is 11.3 Å². The number of rotatable bonds is 6. The van der Waals surface area contributed by atoms with Crippen LogP contribution in [0.3, 0.4) is 0 Å². The van der Waals surface area contributed by atoms with Crippen LogP contribution in [0.1, 0.15) is 45.2 Å².